The zero-order valence-electron chi connectivity index (χ0n) is 15.2. The Morgan fingerprint density at radius 2 is 1.84 bits per heavy atom. The van der Waals surface area contributed by atoms with Crippen LogP contribution in [0.1, 0.15) is 63.0 Å². The van der Waals surface area contributed by atoms with Gasteiger partial charge in [-0.25, -0.2) is 0 Å². The highest BCUT2D eigenvalue weighted by molar-refractivity contribution is 5.88. The zero-order valence-corrected chi connectivity index (χ0v) is 16.0. The highest BCUT2D eigenvalue weighted by Gasteiger charge is 2.44. The van der Waals surface area contributed by atoms with Gasteiger partial charge in [0, 0.05) is 12.1 Å². The standard InChI is InChI=1S/C21H30N2O.ClH/c1-21(11-5-9-14-6-2-3-10-18(14)21)20(24)23-19-15-7-4-8-16(19)13-17(22)12-15;/h2-3,6,10,15-17,19H,4-5,7-9,11-13,22H2,1H3,(H,23,24);1H. The summed E-state index contributed by atoms with van der Waals surface area (Å²) < 4.78 is 0. The molecule has 25 heavy (non-hydrogen) atoms. The lowest BCUT2D eigenvalue weighted by Gasteiger charge is -2.46. The second-order valence-corrected chi connectivity index (χ2v) is 8.52. The molecule has 1 amide bonds. The molecule has 3 N–H and O–H groups in total. The van der Waals surface area contributed by atoms with Gasteiger partial charge in [0.1, 0.15) is 0 Å². The maximum atomic E-state index is 13.3. The van der Waals surface area contributed by atoms with Gasteiger partial charge in [0.25, 0.3) is 0 Å². The smallest absolute Gasteiger partial charge is 0.230 e. The van der Waals surface area contributed by atoms with E-state index >= 15 is 0 Å². The topological polar surface area (TPSA) is 55.1 Å². The fourth-order valence-electron chi connectivity index (χ4n) is 5.61. The van der Waals surface area contributed by atoms with Gasteiger partial charge in [-0.15, -0.1) is 12.4 Å². The van der Waals surface area contributed by atoms with Gasteiger partial charge in [0.05, 0.1) is 5.41 Å². The first-order chi connectivity index (χ1) is 11.6. The lowest BCUT2D eigenvalue weighted by molar-refractivity contribution is -0.129. The number of nitrogens with two attached hydrogens (primary N) is 1. The first kappa shape index (κ1) is 18.7. The molecule has 2 saturated carbocycles. The van der Waals surface area contributed by atoms with Crippen LogP contribution in [0.25, 0.3) is 0 Å². The third-order valence-corrected chi connectivity index (χ3v) is 6.91. The van der Waals surface area contributed by atoms with Crippen LogP contribution in [0.2, 0.25) is 0 Å². The van der Waals surface area contributed by atoms with Crippen LogP contribution in [0.3, 0.4) is 0 Å². The predicted molar refractivity (Wildman–Crippen MR) is 104 cm³/mol. The molecule has 4 heteroatoms. The summed E-state index contributed by atoms with van der Waals surface area (Å²) >= 11 is 0. The molecule has 3 aliphatic rings. The Hall–Kier alpha value is -1.06. The number of aryl methyl sites for hydroxylation is 1. The molecule has 0 spiro atoms. The maximum Gasteiger partial charge on any atom is 0.230 e. The van der Waals surface area contributed by atoms with E-state index in [2.05, 4.69) is 36.5 Å². The Morgan fingerprint density at radius 3 is 2.56 bits per heavy atom. The second kappa shape index (κ2) is 7.28. The van der Waals surface area contributed by atoms with Crippen molar-refractivity contribution in [1.82, 2.24) is 5.32 Å². The van der Waals surface area contributed by atoms with Crippen molar-refractivity contribution < 1.29 is 4.79 Å². The molecule has 0 aliphatic heterocycles. The second-order valence-electron chi connectivity index (χ2n) is 8.52. The summed E-state index contributed by atoms with van der Waals surface area (Å²) in [4.78, 5) is 13.3. The van der Waals surface area contributed by atoms with Gasteiger partial charge in [0.15, 0.2) is 0 Å². The summed E-state index contributed by atoms with van der Waals surface area (Å²) in [5, 5.41) is 3.50. The number of hydrogen-bond donors (Lipinski definition) is 2. The molecule has 3 atom stereocenters. The fraction of sp³-hybridized carbons (Fsp3) is 0.667. The van der Waals surface area contributed by atoms with Crippen LogP contribution in [-0.4, -0.2) is 18.0 Å². The summed E-state index contributed by atoms with van der Waals surface area (Å²) in [7, 11) is 0. The summed E-state index contributed by atoms with van der Waals surface area (Å²) in [5.41, 5.74) is 8.46. The number of carbonyl (C=O) groups excluding carboxylic acids is 1. The van der Waals surface area contributed by atoms with Gasteiger partial charge in [-0.05, 0) is 74.8 Å². The van der Waals surface area contributed by atoms with Gasteiger partial charge in [-0.2, -0.15) is 0 Å². The van der Waals surface area contributed by atoms with Crippen LogP contribution in [0.4, 0.5) is 0 Å². The predicted octanol–water partition coefficient (Wildman–Crippen LogP) is 3.72. The molecular formula is C21H31ClN2O. The van der Waals surface area contributed by atoms with E-state index in [0.717, 1.165) is 32.1 Å². The van der Waals surface area contributed by atoms with Crippen LogP contribution in [-0.2, 0) is 16.6 Å². The Bertz CT molecular complexity index is 620. The maximum absolute atomic E-state index is 13.3. The monoisotopic (exact) mass is 362 g/mol. The van der Waals surface area contributed by atoms with E-state index in [-0.39, 0.29) is 23.7 Å². The molecule has 4 rings (SSSR count). The molecule has 1 aromatic rings. The number of carbonyl (C=O) groups is 1. The molecule has 0 saturated heterocycles. The number of benzene rings is 1. The van der Waals surface area contributed by atoms with Gasteiger partial charge >= 0.3 is 0 Å². The van der Waals surface area contributed by atoms with Gasteiger partial charge in [-0.1, -0.05) is 30.7 Å². The van der Waals surface area contributed by atoms with E-state index in [0.29, 0.717) is 23.9 Å². The molecule has 2 fully saturated rings. The number of halogens is 1. The minimum absolute atomic E-state index is 0. The minimum Gasteiger partial charge on any atom is -0.352 e. The average molecular weight is 363 g/mol. The number of hydrogen-bond acceptors (Lipinski definition) is 2. The molecule has 138 valence electrons. The van der Waals surface area contributed by atoms with E-state index in [1.165, 1.54) is 30.4 Å². The summed E-state index contributed by atoms with van der Waals surface area (Å²) in [5.74, 6) is 1.41. The highest BCUT2D eigenvalue weighted by atomic mass is 35.5. The van der Waals surface area contributed by atoms with Crippen LogP contribution in [0, 0.1) is 11.8 Å². The Labute approximate surface area is 157 Å². The normalized spacial score (nSPS) is 36.7. The Balaban J connectivity index is 0.00000182. The number of fused-ring (bicyclic) bond motifs is 3. The molecule has 0 radical (unpaired) electrons. The molecule has 2 bridgehead atoms. The highest BCUT2D eigenvalue weighted by Crippen LogP contribution is 2.42. The first-order valence-electron chi connectivity index (χ1n) is 9.73. The first-order valence-corrected chi connectivity index (χ1v) is 9.73. The van der Waals surface area contributed by atoms with E-state index in [9.17, 15) is 4.79 Å². The molecule has 3 nitrogen and oxygen atoms in total. The van der Waals surface area contributed by atoms with Crippen LogP contribution in [0.15, 0.2) is 24.3 Å². The summed E-state index contributed by atoms with van der Waals surface area (Å²) in [6.45, 7) is 2.14. The van der Waals surface area contributed by atoms with Crippen molar-refractivity contribution in [3.63, 3.8) is 0 Å². The van der Waals surface area contributed by atoms with Crippen molar-refractivity contribution in [2.24, 2.45) is 17.6 Å². The largest absolute Gasteiger partial charge is 0.352 e. The van der Waals surface area contributed by atoms with Crippen molar-refractivity contribution in [3.05, 3.63) is 35.4 Å². The third kappa shape index (κ3) is 3.33. The van der Waals surface area contributed by atoms with E-state index in [1.807, 2.05) is 0 Å². The van der Waals surface area contributed by atoms with Crippen molar-refractivity contribution in [3.8, 4) is 0 Å². The SMILES string of the molecule is CC1(C(=O)NC2C3CCCC2CC(N)C3)CCCc2ccccc21.Cl. The lowest BCUT2D eigenvalue weighted by Crippen LogP contribution is -2.57. The van der Waals surface area contributed by atoms with Gasteiger partial charge < -0.3 is 11.1 Å². The molecule has 3 aliphatic carbocycles. The van der Waals surface area contributed by atoms with Crippen LogP contribution in [0.5, 0.6) is 0 Å². The van der Waals surface area contributed by atoms with E-state index in [1.54, 1.807) is 0 Å². The number of nitrogens with one attached hydrogen (secondary N) is 1. The molecular weight excluding hydrogens is 332 g/mol. The third-order valence-electron chi connectivity index (χ3n) is 6.91. The van der Waals surface area contributed by atoms with Crippen molar-refractivity contribution in [2.45, 2.75) is 75.8 Å². The van der Waals surface area contributed by atoms with Crippen LogP contribution >= 0.6 is 12.4 Å². The van der Waals surface area contributed by atoms with Crippen molar-refractivity contribution in [2.75, 3.05) is 0 Å². The number of rotatable bonds is 2. The Morgan fingerprint density at radius 1 is 1.16 bits per heavy atom. The lowest BCUT2D eigenvalue weighted by atomic mass is 9.66. The summed E-state index contributed by atoms with van der Waals surface area (Å²) in [6.07, 6.45) is 9.06. The van der Waals surface area contributed by atoms with E-state index < -0.39 is 0 Å². The van der Waals surface area contributed by atoms with Crippen LogP contribution < -0.4 is 11.1 Å². The van der Waals surface area contributed by atoms with Crippen molar-refractivity contribution in [1.29, 1.82) is 0 Å². The zero-order chi connectivity index (χ0) is 16.7. The molecule has 1 aromatic carbocycles. The minimum atomic E-state index is -0.372. The van der Waals surface area contributed by atoms with E-state index in [4.69, 9.17) is 5.73 Å². The van der Waals surface area contributed by atoms with Gasteiger partial charge in [-0.3, -0.25) is 4.79 Å². The Kier molecular flexibility index (Phi) is 5.45. The van der Waals surface area contributed by atoms with Crippen molar-refractivity contribution >= 4 is 18.3 Å². The quantitative estimate of drug-likeness (QED) is 0.842. The average Bonchev–Trinajstić information content (AvgIpc) is 2.56. The number of amides is 1. The molecule has 0 heterocycles. The molecule has 3 unspecified atom stereocenters. The molecule has 0 aromatic heterocycles. The fourth-order valence-corrected chi connectivity index (χ4v) is 5.61. The summed E-state index contributed by atoms with van der Waals surface area (Å²) in [6, 6.07) is 9.19. The van der Waals surface area contributed by atoms with Gasteiger partial charge in [0.2, 0.25) is 5.91 Å².